The fourth-order valence-electron chi connectivity index (χ4n) is 3.86. The minimum atomic E-state index is 0.0354. The van der Waals surface area contributed by atoms with Crippen molar-refractivity contribution in [2.24, 2.45) is 5.92 Å². The predicted molar refractivity (Wildman–Crippen MR) is 80.4 cm³/mol. The Morgan fingerprint density at radius 2 is 2.25 bits per heavy atom. The van der Waals surface area contributed by atoms with E-state index in [1.807, 2.05) is 19.2 Å². The second-order valence-electron chi connectivity index (χ2n) is 6.25. The number of benzene rings is 1. The average Bonchev–Trinajstić information content (AvgIpc) is 2.88. The molecule has 1 saturated carbocycles. The van der Waals surface area contributed by atoms with E-state index in [0.29, 0.717) is 6.04 Å². The molecule has 0 amide bonds. The Hall–Kier alpha value is -1.22. The van der Waals surface area contributed by atoms with E-state index < -0.39 is 0 Å². The van der Waals surface area contributed by atoms with Gasteiger partial charge in [-0.3, -0.25) is 0 Å². The number of hydrogen-bond acceptors (Lipinski definition) is 3. The van der Waals surface area contributed by atoms with Gasteiger partial charge in [-0.15, -0.1) is 0 Å². The largest absolute Gasteiger partial charge is 0.497 e. The third kappa shape index (κ3) is 2.28. The van der Waals surface area contributed by atoms with E-state index in [2.05, 4.69) is 18.3 Å². The number of nitrogens with one attached hydrogen (secondary N) is 1. The number of ether oxygens (including phenoxy) is 2. The number of hydrogen-bond donors (Lipinski definition) is 1. The zero-order valence-electron chi connectivity index (χ0n) is 12.7. The molecule has 1 heterocycles. The summed E-state index contributed by atoms with van der Waals surface area (Å²) in [6, 6.07) is 6.59. The highest BCUT2D eigenvalue weighted by Crippen LogP contribution is 2.50. The SMILES string of the molecule is CCC1CCC2(C1)CC(NC)c1ccc(OC)cc1O2. The van der Waals surface area contributed by atoms with E-state index in [1.54, 1.807) is 7.11 Å². The van der Waals surface area contributed by atoms with E-state index in [9.17, 15) is 0 Å². The highest BCUT2D eigenvalue weighted by Gasteiger charge is 2.45. The van der Waals surface area contributed by atoms with Gasteiger partial charge in [0, 0.05) is 24.1 Å². The van der Waals surface area contributed by atoms with Crippen LogP contribution in [0.5, 0.6) is 11.5 Å². The molecule has 3 rings (SSSR count). The van der Waals surface area contributed by atoms with Crippen molar-refractivity contribution in [2.45, 2.75) is 50.7 Å². The third-order valence-electron chi connectivity index (χ3n) is 5.09. The fourth-order valence-corrected chi connectivity index (χ4v) is 3.86. The molecular formula is C17H25NO2. The van der Waals surface area contributed by atoms with Crippen molar-refractivity contribution < 1.29 is 9.47 Å². The quantitative estimate of drug-likeness (QED) is 0.912. The van der Waals surface area contributed by atoms with Gasteiger partial charge in [0.25, 0.3) is 0 Å². The minimum Gasteiger partial charge on any atom is -0.497 e. The van der Waals surface area contributed by atoms with Crippen LogP contribution in [-0.2, 0) is 0 Å². The van der Waals surface area contributed by atoms with Crippen LogP contribution < -0.4 is 14.8 Å². The third-order valence-corrected chi connectivity index (χ3v) is 5.09. The second-order valence-corrected chi connectivity index (χ2v) is 6.25. The van der Waals surface area contributed by atoms with E-state index >= 15 is 0 Å². The van der Waals surface area contributed by atoms with Crippen molar-refractivity contribution in [1.82, 2.24) is 5.32 Å². The molecule has 1 fully saturated rings. The summed E-state index contributed by atoms with van der Waals surface area (Å²) in [5, 5.41) is 3.46. The van der Waals surface area contributed by atoms with Gasteiger partial charge in [0.2, 0.25) is 0 Å². The molecule has 0 aromatic heterocycles. The van der Waals surface area contributed by atoms with Crippen LogP contribution in [0.1, 0.15) is 50.6 Å². The summed E-state index contributed by atoms with van der Waals surface area (Å²) >= 11 is 0. The minimum absolute atomic E-state index is 0.0354. The zero-order chi connectivity index (χ0) is 14.2. The van der Waals surface area contributed by atoms with Crippen LogP contribution in [0.15, 0.2) is 18.2 Å². The van der Waals surface area contributed by atoms with Gasteiger partial charge < -0.3 is 14.8 Å². The average molecular weight is 275 g/mol. The van der Waals surface area contributed by atoms with Crippen LogP contribution in [0.3, 0.4) is 0 Å². The van der Waals surface area contributed by atoms with Gasteiger partial charge in [-0.25, -0.2) is 0 Å². The van der Waals surface area contributed by atoms with Crippen molar-refractivity contribution in [3.05, 3.63) is 23.8 Å². The molecule has 3 atom stereocenters. The van der Waals surface area contributed by atoms with E-state index in [-0.39, 0.29) is 5.60 Å². The van der Waals surface area contributed by atoms with Gasteiger partial charge >= 0.3 is 0 Å². The lowest BCUT2D eigenvalue weighted by atomic mass is 9.85. The molecule has 3 unspecified atom stereocenters. The molecule has 0 bridgehead atoms. The van der Waals surface area contributed by atoms with Crippen LogP contribution in [0.25, 0.3) is 0 Å². The first-order valence-electron chi connectivity index (χ1n) is 7.74. The molecule has 3 nitrogen and oxygen atoms in total. The van der Waals surface area contributed by atoms with Crippen LogP contribution in [0.4, 0.5) is 0 Å². The summed E-state index contributed by atoms with van der Waals surface area (Å²) < 4.78 is 11.8. The highest BCUT2D eigenvalue weighted by molar-refractivity contribution is 5.44. The van der Waals surface area contributed by atoms with Gasteiger partial charge in [-0.1, -0.05) is 19.4 Å². The summed E-state index contributed by atoms with van der Waals surface area (Å²) in [5.74, 6) is 2.70. The van der Waals surface area contributed by atoms with Gasteiger partial charge in [0.1, 0.15) is 17.1 Å². The molecule has 1 aromatic carbocycles. The maximum Gasteiger partial charge on any atom is 0.128 e. The fraction of sp³-hybridized carbons (Fsp3) is 0.647. The Morgan fingerprint density at radius 1 is 1.40 bits per heavy atom. The molecule has 110 valence electrons. The Labute approximate surface area is 121 Å². The Morgan fingerprint density at radius 3 is 2.90 bits per heavy atom. The normalized spacial score (nSPS) is 31.9. The van der Waals surface area contributed by atoms with E-state index in [1.165, 1.54) is 31.2 Å². The lowest BCUT2D eigenvalue weighted by Gasteiger charge is -2.40. The van der Waals surface area contributed by atoms with Crippen molar-refractivity contribution >= 4 is 0 Å². The molecule has 1 N–H and O–H groups in total. The number of fused-ring (bicyclic) bond motifs is 1. The maximum absolute atomic E-state index is 6.47. The number of rotatable bonds is 3. The first kappa shape index (κ1) is 13.7. The molecule has 0 radical (unpaired) electrons. The Balaban J connectivity index is 1.92. The van der Waals surface area contributed by atoms with E-state index in [0.717, 1.165) is 23.8 Å². The van der Waals surface area contributed by atoms with Crippen LogP contribution in [-0.4, -0.2) is 19.8 Å². The van der Waals surface area contributed by atoms with Gasteiger partial charge in [-0.2, -0.15) is 0 Å². The van der Waals surface area contributed by atoms with Crippen molar-refractivity contribution in [1.29, 1.82) is 0 Å². The molecule has 1 aliphatic carbocycles. The van der Waals surface area contributed by atoms with Crippen LogP contribution in [0, 0.1) is 5.92 Å². The zero-order valence-corrected chi connectivity index (χ0v) is 12.7. The predicted octanol–water partition coefficient (Wildman–Crippen LogP) is 3.69. The summed E-state index contributed by atoms with van der Waals surface area (Å²) in [6.45, 7) is 2.29. The summed E-state index contributed by atoms with van der Waals surface area (Å²) in [5.41, 5.74) is 1.30. The summed E-state index contributed by atoms with van der Waals surface area (Å²) in [7, 11) is 3.75. The molecule has 2 aliphatic rings. The summed E-state index contributed by atoms with van der Waals surface area (Å²) in [4.78, 5) is 0. The second kappa shape index (κ2) is 5.28. The Kier molecular flexibility index (Phi) is 3.63. The Bertz CT molecular complexity index is 488. The monoisotopic (exact) mass is 275 g/mol. The van der Waals surface area contributed by atoms with Crippen molar-refractivity contribution in [2.75, 3.05) is 14.2 Å². The van der Waals surface area contributed by atoms with Gasteiger partial charge in [0.15, 0.2) is 0 Å². The molecule has 20 heavy (non-hydrogen) atoms. The maximum atomic E-state index is 6.47. The van der Waals surface area contributed by atoms with Crippen molar-refractivity contribution in [3.8, 4) is 11.5 Å². The lowest BCUT2D eigenvalue weighted by Crippen LogP contribution is -2.41. The molecule has 0 saturated heterocycles. The standard InChI is InChI=1S/C17H25NO2/c1-4-12-7-8-17(10-12)11-15(18-2)14-6-5-13(19-3)9-16(14)20-17/h5-6,9,12,15,18H,4,7-8,10-11H2,1-3H3. The molecular weight excluding hydrogens is 250 g/mol. The van der Waals surface area contributed by atoms with E-state index in [4.69, 9.17) is 9.47 Å². The first-order valence-corrected chi connectivity index (χ1v) is 7.74. The topological polar surface area (TPSA) is 30.5 Å². The highest BCUT2D eigenvalue weighted by atomic mass is 16.5. The molecule has 1 aromatic rings. The molecule has 3 heteroatoms. The van der Waals surface area contributed by atoms with Gasteiger partial charge in [0.05, 0.1) is 7.11 Å². The number of methoxy groups -OCH3 is 1. The van der Waals surface area contributed by atoms with Crippen LogP contribution in [0.2, 0.25) is 0 Å². The van der Waals surface area contributed by atoms with Crippen LogP contribution >= 0.6 is 0 Å². The first-order chi connectivity index (χ1) is 9.69. The molecule has 1 spiro atoms. The summed E-state index contributed by atoms with van der Waals surface area (Å²) in [6.07, 6.45) is 6.02. The molecule has 1 aliphatic heterocycles. The van der Waals surface area contributed by atoms with Crippen molar-refractivity contribution in [3.63, 3.8) is 0 Å². The lowest BCUT2D eigenvalue weighted by molar-refractivity contribution is 0.0337. The van der Waals surface area contributed by atoms with Gasteiger partial charge in [-0.05, 0) is 38.3 Å². The smallest absolute Gasteiger partial charge is 0.128 e.